The number of hydrogen-bond acceptors (Lipinski definition) is 3. The van der Waals surface area contributed by atoms with Gasteiger partial charge in [0.2, 0.25) is 0 Å². The maximum Gasteiger partial charge on any atom is 0.337 e. The van der Waals surface area contributed by atoms with E-state index >= 15 is 0 Å². The van der Waals surface area contributed by atoms with Crippen LogP contribution in [0.4, 0.5) is 10.1 Å². The molecule has 0 unspecified atom stereocenters. The molecule has 0 radical (unpaired) electrons. The van der Waals surface area contributed by atoms with Gasteiger partial charge < -0.3 is 10.1 Å². The number of ether oxygens (including phenoxy) is 1. The van der Waals surface area contributed by atoms with Gasteiger partial charge in [-0.1, -0.05) is 24.3 Å². The highest BCUT2D eigenvalue weighted by Crippen LogP contribution is 2.18. The summed E-state index contributed by atoms with van der Waals surface area (Å²) < 4.78 is 18.3. The number of methoxy groups -OCH3 is 1. The Hall–Kier alpha value is -2.36. The number of aryl methyl sites for hydroxylation is 1. The van der Waals surface area contributed by atoms with E-state index in [9.17, 15) is 9.18 Å². The molecule has 0 amide bonds. The van der Waals surface area contributed by atoms with Crippen LogP contribution in [0, 0.1) is 12.7 Å². The predicted molar refractivity (Wildman–Crippen MR) is 76.2 cm³/mol. The summed E-state index contributed by atoms with van der Waals surface area (Å²) in [6, 6.07) is 12.0. The average molecular weight is 273 g/mol. The number of benzene rings is 2. The summed E-state index contributed by atoms with van der Waals surface area (Å²) >= 11 is 0. The Morgan fingerprint density at radius 1 is 1.25 bits per heavy atom. The number of hydrogen-bond donors (Lipinski definition) is 1. The van der Waals surface area contributed by atoms with Gasteiger partial charge in [-0.2, -0.15) is 0 Å². The number of esters is 1. The minimum atomic E-state index is -0.482. The van der Waals surface area contributed by atoms with E-state index in [-0.39, 0.29) is 5.69 Å². The Kier molecular flexibility index (Phi) is 4.35. The fourth-order valence-electron chi connectivity index (χ4n) is 1.90. The van der Waals surface area contributed by atoms with Crippen molar-refractivity contribution >= 4 is 11.7 Å². The number of carbonyl (C=O) groups excluding carboxylic acids is 1. The van der Waals surface area contributed by atoms with Crippen LogP contribution in [-0.2, 0) is 11.3 Å². The summed E-state index contributed by atoms with van der Waals surface area (Å²) in [5, 5.41) is 3.01. The summed E-state index contributed by atoms with van der Waals surface area (Å²) in [6.45, 7) is 2.49. The first-order valence-electron chi connectivity index (χ1n) is 6.28. The first-order chi connectivity index (χ1) is 9.61. The lowest BCUT2D eigenvalue weighted by Crippen LogP contribution is -2.06. The second kappa shape index (κ2) is 6.19. The van der Waals surface area contributed by atoms with Crippen molar-refractivity contribution in [2.45, 2.75) is 13.5 Å². The molecule has 0 spiro atoms. The second-order valence-electron chi connectivity index (χ2n) is 4.47. The van der Waals surface area contributed by atoms with E-state index in [4.69, 9.17) is 0 Å². The molecule has 104 valence electrons. The molecule has 0 aliphatic rings. The molecule has 0 aliphatic heterocycles. The van der Waals surface area contributed by atoms with Crippen LogP contribution in [-0.4, -0.2) is 13.1 Å². The summed E-state index contributed by atoms with van der Waals surface area (Å²) in [5.41, 5.74) is 2.82. The molecule has 0 aromatic heterocycles. The summed E-state index contributed by atoms with van der Waals surface area (Å²) in [7, 11) is 1.30. The molecular weight excluding hydrogens is 257 g/mol. The molecule has 3 nitrogen and oxygen atoms in total. The van der Waals surface area contributed by atoms with Gasteiger partial charge in [0, 0.05) is 6.54 Å². The minimum Gasteiger partial charge on any atom is -0.465 e. The normalized spacial score (nSPS) is 10.2. The Morgan fingerprint density at radius 3 is 2.70 bits per heavy atom. The maximum absolute atomic E-state index is 13.7. The highest BCUT2D eigenvalue weighted by Gasteiger charge is 2.09. The number of carbonyl (C=O) groups is 1. The topological polar surface area (TPSA) is 38.3 Å². The van der Waals surface area contributed by atoms with Gasteiger partial charge in [0.05, 0.1) is 18.4 Å². The van der Waals surface area contributed by atoms with Gasteiger partial charge in [-0.3, -0.25) is 0 Å². The third-order valence-electron chi connectivity index (χ3n) is 3.12. The molecule has 20 heavy (non-hydrogen) atoms. The van der Waals surface area contributed by atoms with Crippen LogP contribution >= 0.6 is 0 Å². The number of nitrogens with one attached hydrogen (secondary N) is 1. The summed E-state index contributed by atoms with van der Waals surface area (Å²) in [5.74, 6) is -0.879. The van der Waals surface area contributed by atoms with Crippen LogP contribution in [0.15, 0.2) is 42.5 Å². The molecule has 0 saturated heterocycles. The van der Waals surface area contributed by atoms with E-state index in [0.29, 0.717) is 12.1 Å². The van der Waals surface area contributed by atoms with Crippen molar-refractivity contribution in [2.24, 2.45) is 0 Å². The van der Waals surface area contributed by atoms with E-state index in [1.807, 2.05) is 31.2 Å². The summed E-state index contributed by atoms with van der Waals surface area (Å²) in [6.07, 6.45) is 0. The van der Waals surface area contributed by atoms with Crippen molar-refractivity contribution in [3.05, 3.63) is 65.0 Å². The predicted octanol–water partition coefficient (Wildman–Crippen LogP) is 3.53. The van der Waals surface area contributed by atoms with Crippen molar-refractivity contribution in [1.29, 1.82) is 0 Å². The lowest BCUT2D eigenvalue weighted by molar-refractivity contribution is 0.0600. The van der Waals surface area contributed by atoms with E-state index in [2.05, 4.69) is 10.1 Å². The van der Waals surface area contributed by atoms with Crippen molar-refractivity contribution in [1.82, 2.24) is 0 Å². The smallest absolute Gasteiger partial charge is 0.337 e. The zero-order valence-electron chi connectivity index (χ0n) is 11.4. The van der Waals surface area contributed by atoms with E-state index in [1.165, 1.54) is 25.3 Å². The minimum absolute atomic E-state index is 0.288. The Balaban J connectivity index is 2.17. The van der Waals surface area contributed by atoms with Crippen molar-refractivity contribution in [2.75, 3.05) is 12.4 Å². The first kappa shape index (κ1) is 14.1. The Labute approximate surface area is 117 Å². The molecule has 2 rings (SSSR count). The van der Waals surface area contributed by atoms with Gasteiger partial charge in [-0.05, 0) is 36.2 Å². The van der Waals surface area contributed by atoms with Crippen LogP contribution in [0.5, 0.6) is 0 Å². The standard InChI is InChI=1S/C16H16FNO2/c1-11-5-3-4-6-13(11)10-18-15-9-12(16(19)20-2)7-8-14(15)17/h3-9,18H,10H2,1-2H3. The number of rotatable bonds is 4. The highest BCUT2D eigenvalue weighted by atomic mass is 19.1. The fourth-order valence-corrected chi connectivity index (χ4v) is 1.90. The van der Waals surface area contributed by atoms with Crippen molar-refractivity contribution in [3.8, 4) is 0 Å². The molecule has 0 heterocycles. The van der Waals surface area contributed by atoms with Crippen LogP contribution in [0.3, 0.4) is 0 Å². The molecular formula is C16H16FNO2. The van der Waals surface area contributed by atoms with Crippen molar-refractivity contribution in [3.63, 3.8) is 0 Å². The maximum atomic E-state index is 13.7. The van der Waals surface area contributed by atoms with Crippen LogP contribution in [0.1, 0.15) is 21.5 Å². The van der Waals surface area contributed by atoms with E-state index in [0.717, 1.165) is 11.1 Å². The fraction of sp³-hybridized carbons (Fsp3) is 0.188. The Morgan fingerprint density at radius 2 is 2.00 bits per heavy atom. The molecule has 2 aromatic rings. The zero-order valence-corrected chi connectivity index (χ0v) is 11.4. The van der Waals surface area contributed by atoms with Gasteiger partial charge in [0.15, 0.2) is 0 Å². The number of halogens is 1. The molecule has 0 bridgehead atoms. The second-order valence-corrected chi connectivity index (χ2v) is 4.47. The quantitative estimate of drug-likeness (QED) is 0.866. The van der Waals surface area contributed by atoms with E-state index in [1.54, 1.807) is 0 Å². The molecule has 4 heteroatoms. The van der Waals surface area contributed by atoms with Crippen LogP contribution < -0.4 is 5.32 Å². The summed E-state index contributed by atoms with van der Waals surface area (Å²) in [4.78, 5) is 11.4. The third kappa shape index (κ3) is 3.15. The van der Waals surface area contributed by atoms with Gasteiger partial charge >= 0.3 is 5.97 Å². The monoisotopic (exact) mass is 273 g/mol. The number of anilines is 1. The molecule has 0 fully saturated rings. The van der Waals surface area contributed by atoms with Gasteiger partial charge in [-0.15, -0.1) is 0 Å². The highest BCUT2D eigenvalue weighted by molar-refractivity contribution is 5.90. The molecule has 0 saturated carbocycles. The van der Waals surface area contributed by atoms with Crippen LogP contribution in [0.25, 0.3) is 0 Å². The average Bonchev–Trinajstić information content (AvgIpc) is 2.47. The molecule has 0 aliphatic carbocycles. The molecule has 2 aromatic carbocycles. The molecule has 0 atom stereocenters. The van der Waals surface area contributed by atoms with Crippen molar-refractivity contribution < 1.29 is 13.9 Å². The third-order valence-corrected chi connectivity index (χ3v) is 3.12. The lowest BCUT2D eigenvalue weighted by atomic mass is 10.1. The molecule has 1 N–H and O–H groups in total. The lowest BCUT2D eigenvalue weighted by Gasteiger charge is -2.11. The van der Waals surface area contributed by atoms with Crippen LogP contribution in [0.2, 0.25) is 0 Å². The zero-order chi connectivity index (χ0) is 14.5. The largest absolute Gasteiger partial charge is 0.465 e. The Bertz CT molecular complexity index is 626. The van der Waals surface area contributed by atoms with Gasteiger partial charge in [0.25, 0.3) is 0 Å². The first-order valence-corrected chi connectivity index (χ1v) is 6.28. The van der Waals surface area contributed by atoms with E-state index < -0.39 is 11.8 Å². The van der Waals surface area contributed by atoms with Gasteiger partial charge in [0.1, 0.15) is 5.82 Å². The van der Waals surface area contributed by atoms with Gasteiger partial charge in [-0.25, -0.2) is 9.18 Å². The SMILES string of the molecule is COC(=O)c1ccc(F)c(NCc2ccccc2C)c1.